The van der Waals surface area contributed by atoms with E-state index in [1.165, 1.54) is 5.39 Å². The summed E-state index contributed by atoms with van der Waals surface area (Å²) in [4.78, 5) is 18.6. The van der Waals surface area contributed by atoms with Crippen LogP contribution in [0, 0.1) is 22.7 Å². The van der Waals surface area contributed by atoms with Crippen molar-refractivity contribution in [3.8, 4) is 28.4 Å². The van der Waals surface area contributed by atoms with Crippen molar-refractivity contribution in [2.24, 2.45) is 0 Å². The van der Waals surface area contributed by atoms with Crippen LogP contribution in [0.3, 0.4) is 0 Å². The van der Waals surface area contributed by atoms with Gasteiger partial charge in [-0.1, -0.05) is 78.9 Å². The maximum Gasteiger partial charge on any atom is 0.194 e. The van der Waals surface area contributed by atoms with Gasteiger partial charge < -0.3 is 0 Å². The number of hydrogen-bond donors (Lipinski definition) is 0. The predicted octanol–water partition coefficient (Wildman–Crippen LogP) is 7.99. The maximum atomic E-state index is 13.6. The molecule has 0 amide bonds. The number of nitrogens with zero attached hydrogens (tertiary/aromatic N) is 4. The summed E-state index contributed by atoms with van der Waals surface area (Å²) < 4.78 is 2.99. The average Bonchev–Trinajstić information content (AvgIpc) is 3.64. The molecule has 0 atom stereocenters. The second-order valence-electron chi connectivity index (χ2n) is 9.42. The average molecular weight is 531 g/mol. The lowest BCUT2D eigenvalue weighted by atomic mass is 9.99. The van der Waals surface area contributed by atoms with Gasteiger partial charge in [0.2, 0.25) is 0 Å². The minimum atomic E-state index is -0.206. The molecule has 1 aliphatic carbocycles. The molecule has 0 saturated carbocycles. The maximum absolute atomic E-state index is 13.6. The Balaban J connectivity index is 1.45. The number of fused-ring (bicyclic) bond motifs is 3. The molecule has 0 saturated heterocycles. The van der Waals surface area contributed by atoms with Crippen molar-refractivity contribution < 1.29 is 4.79 Å². The fourth-order valence-corrected chi connectivity index (χ4v) is 6.29. The highest BCUT2D eigenvalue weighted by atomic mass is 32.1. The number of carbonyl (C=O) groups excluding carboxylic acids is 1. The van der Waals surface area contributed by atoms with Crippen molar-refractivity contribution in [1.29, 1.82) is 10.5 Å². The summed E-state index contributed by atoms with van der Waals surface area (Å²) in [5, 5.41) is 22.7. The number of hydrogen-bond acceptors (Lipinski definition) is 5. The van der Waals surface area contributed by atoms with Crippen molar-refractivity contribution in [1.82, 2.24) is 9.55 Å². The van der Waals surface area contributed by atoms with E-state index in [4.69, 9.17) is 4.98 Å². The van der Waals surface area contributed by atoms with Crippen LogP contribution in [0.25, 0.3) is 49.0 Å². The standard InChI is InChI=1S/C34H18N4OS/c35-19-24(20-36)31-27-12-6-7-13-28(27)32(39)29(31)17-26-18-30-33(38(26)25-10-2-1-3-11-25)37-34(40-30)23-15-14-21-8-4-5-9-22(21)16-23/h1-18H/b29-17-. The highest BCUT2D eigenvalue weighted by Gasteiger charge is 2.32. The van der Waals surface area contributed by atoms with Crippen LogP contribution in [0.5, 0.6) is 0 Å². The number of nitriles is 2. The lowest BCUT2D eigenvalue weighted by Crippen LogP contribution is -2.00. The van der Waals surface area contributed by atoms with E-state index in [-0.39, 0.29) is 11.4 Å². The Morgan fingerprint density at radius 2 is 1.50 bits per heavy atom. The Kier molecular flexibility index (Phi) is 5.49. The van der Waals surface area contributed by atoms with E-state index in [2.05, 4.69) is 30.3 Å². The Bertz CT molecular complexity index is 2130. The van der Waals surface area contributed by atoms with E-state index in [0.29, 0.717) is 22.3 Å². The number of Topliss-reactive ketones (excluding diaryl/α,β-unsaturated/α-hetero) is 1. The minimum Gasteiger partial charge on any atom is -0.294 e. The fourth-order valence-electron chi connectivity index (χ4n) is 5.29. The van der Waals surface area contributed by atoms with Crippen LogP contribution in [-0.2, 0) is 0 Å². The molecule has 1 aliphatic rings. The predicted molar refractivity (Wildman–Crippen MR) is 159 cm³/mol. The number of thiazole rings is 1. The van der Waals surface area contributed by atoms with Crippen LogP contribution in [0.2, 0.25) is 0 Å². The molecule has 4 aromatic carbocycles. The smallest absolute Gasteiger partial charge is 0.194 e. The van der Waals surface area contributed by atoms with Crippen molar-refractivity contribution in [3.05, 3.63) is 131 Å². The summed E-state index contributed by atoms with van der Waals surface area (Å²) in [6.45, 7) is 0. The van der Waals surface area contributed by atoms with Gasteiger partial charge in [-0.3, -0.25) is 9.36 Å². The summed E-state index contributed by atoms with van der Waals surface area (Å²) in [7, 11) is 0. The zero-order chi connectivity index (χ0) is 27.2. The summed E-state index contributed by atoms with van der Waals surface area (Å²) >= 11 is 1.59. The third kappa shape index (κ3) is 3.67. The summed E-state index contributed by atoms with van der Waals surface area (Å²) in [5.41, 5.74) is 5.18. The Morgan fingerprint density at radius 1 is 0.800 bits per heavy atom. The molecule has 40 heavy (non-hydrogen) atoms. The molecule has 6 heteroatoms. The van der Waals surface area contributed by atoms with Crippen LogP contribution in [-0.4, -0.2) is 15.3 Å². The molecule has 0 unspecified atom stereocenters. The molecule has 0 bridgehead atoms. The molecule has 0 aliphatic heterocycles. The van der Waals surface area contributed by atoms with Gasteiger partial charge in [0, 0.05) is 33.7 Å². The molecule has 2 heterocycles. The van der Waals surface area contributed by atoms with E-state index in [1.807, 2.05) is 71.3 Å². The van der Waals surface area contributed by atoms with Crippen LogP contribution in [0.15, 0.2) is 114 Å². The zero-order valence-corrected chi connectivity index (χ0v) is 21.8. The zero-order valence-electron chi connectivity index (χ0n) is 21.0. The SMILES string of the molecule is N#CC(C#N)=C1/C(=C/c2cc3sc(-c4ccc5ccccc5c4)nc3n2-c2ccccc2)C(=O)c2ccccc21. The minimum absolute atomic E-state index is 0.0825. The van der Waals surface area contributed by atoms with Gasteiger partial charge in [-0.25, -0.2) is 4.98 Å². The van der Waals surface area contributed by atoms with Crippen molar-refractivity contribution >= 4 is 49.9 Å². The lowest BCUT2D eigenvalue weighted by molar-refractivity contribution is 0.104. The number of allylic oxidation sites excluding steroid dienone is 3. The molecule has 2 aromatic heterocycles. The number of benzene rings is 4. The topological polar surface area (TPSA) is 82.5 Å². The summed E-state index contributed by atoms with van der Waals surface area (Å²) in [6, 6.07) is 37.6. The first-order valence-electron chi connectivity index (χ1n) is 12.6. The van der Waals surface area contributed by atoms with E-state index < -0.39 is 0 Å². The number of ketones is 1. The van der Waals surface area contributed by atoms with E-state index >= 15 is 0 Å². The van der Waals surface area contributed by atoms with Gasteiger partial charge >= 0.3 is 0 Å². The van der Waals surface area contributed by atoms with Gasteiger partial charge in [0.25, 0.3) is 0 Å². The molecule has 6 aromatic rings. The summed E-state index contributed by atoms with van der Waals surface area (Å²) in [6.07, 6.45) is 1.78. The van der Waals surface area contributed by atoms with Gasteiger partial charge in [0.15, 0.2) is 11.4 Å². The van der Waals surface area contributed by atoms with Crippen LogP contribution in [0.4, 0.5) is 0 Å². The molecule has 0 spiro atoms. The highest BCUT2D eigenvalue weighted by molar-refractivity contribution is 7.21. The quantitative estimate of drug-likeness (QED) is 0.171. The number of aromatic nitrogens is 2. The monoisotopic (exact) mass is 530 g/mol. The third-order valence-electron chi connectivity index (χ3n) is 7.12. The molecule has 7 rings (SSSR count). The second-order valence-corrected chi connectivity index (χ2v) is 10.4. The molecule has 5 nitrogen and oxygen atoms in total. The molecular formula is C34H18N4OS. The van der Waals surface area contributed by atoms with Gasteiger partial charge in [-0.05, 0) is 46.7 Å². The number of rotatable bonds is 3. The summed E-state index contributed by atoms with van der Waals surface area (Å²) in [5.74, 6) is -0.206. The highest BCUT2D eigenvalue weighted by Crippen LogP contribution is 2.41. The number of carbonyl (C=O) groups is 1. The van der Waals surface area contributed by atoms with E-state index in [9.17, 15) is 15.3 Å². The van der Waals surface area contributed by atoms with Gasteiger partial charge in [0.05, 0.1) is 4.70 Å². The Hall–Kier alpha value is -5.56. The lowest BCUT2D eigenvalue weighted by Gasteiger charge is -2.09. The third-order valence-corrected chi connectivity index (χ3v) is 8.16. The largest absolute Gasteiger partial charge is 0.294 e. The molecular weight excluding hydrogens is 512 g/mol. The van der Waals surface area contributed by atoms with Gasteiger partial charge in [0.1, 0.15) is 22.7 Å². The second kappa shape index (κ2) is 9.32. The fraction of sp³-hybridized carbons (Fsp3) is 0. The normalized spacial score (nSPS) is 13.5. The van der Waals surface area contributed by atoms with Crippen LogP contribution < -0.4 is 0 Å². The first-order chi connectivity index (χ1) is 19.7. The molecule has 0 fully saturated rings. The van der Waals surface area contributed by atoms with E-state index in [0.717, 1.165) is 37.7 Å². The Labute approximate surface area is 233 Å². The molecule has 0 N–H and O–H groups in total. The van der Waals surface area contributed by atoms with Gasteiger partial charge in [-0.15, -0.1) is 11.3 Å². The first kappa shape index (κ1) is 23.5. The van der Waals surface area contributed by atoms with Crippen molar-refractivity contribution in [2.75, 3.05) is 0 Å². The molecule has 186 valence electrons. The van der Waals surface area contributed by atoms with Crippen LogP contribution in [0.1, 0.15) is 21.6 Å². The van der Waals surface area contributed by atoms with E-state index in [1.54, 1.807) is 35.6 Å². The molecule has 0 radical (unpaired) electrons. The number of para-hydroxylation sites is 1. The van der Waals surface area contributed by atoms with Crippen molar-refractivity contribution in [2.45, 2.75) is 0 Å². The van der Waals surface area contributed by atoms with Crippen LogP contribution >= 0.6 is 11.3 Å². The van der Waals surface area contributed by atoms with Gasteiger partial charge in [-0.2, -0.15) is 10.5 Å². The van der Waals surface area contributed by atoms with Crippen molar-refractivity contribution in [3.63, 3.8) is 0 Å². The Morgan fingerprint density at radius 3 is 2.27 bits per heavy atom. The first-order valence-corrected chi connectivity index (χ1v) is 13.5.